The summed E-state index contributed by atoms with van der Waals surface area (Å²) in [6.45, 7) is 6.16. The Morgan fingerprint density at radius 1 is 1.09 bits per heavy atom. The van der Waals surface area contributed by atoms with E-state index in [1.165, 1.54) is 11.1 Å². The maximum Gasteiger partial charge on any atom is 0.282 e. The fourth-order valence-electron chi connectivity index (χ4n) is 5.15. The van der Waals surface area contributed by atoms with Gasteiger partial charge in [0.15, 0.2) is 0 Å². The molecule has 1 saturated carbocycles. The van der Waals surface area contributed by atoms with E-state index in [2.05, 4.69) is 46.5 Å². The summed E-state index contributed by atoms with van der Waals surface area (Å²) in [5.74, 6) is 1.00. The lowest BCUT2D eigenvalue weighted by Gasteiger charge is -2.22. The standard InChI is InChI=1S/C28H28BrClN4O/c1-17-14-21(19(3)33(17)26-11-7-10-24(30)18(26)2)16-31-34-27(20-8-5-4-6-9-20)32-25-13-12-22(29)15-23(25)28(34)35/h7,10-16,20H,4-6,8-9H2,1-3H3. The topological polar surface area (TPSA) is 52.2 Å². The van der Waals surface area contributed by atoms with Crippen LogP contribution in [-0.2, 0) is 0 Å². The fourth-order valence-corrected chi connectivity index (χ4v) is 5.68. The third-order valence-corrected chi connectivity index (χ3v) is 7.97. The molecule has 2 heterocycles. The molecular formula is C28H28BrClN4O. The van der Waals surface area contributed by atoms with Crippen molar-refractivity contribution in [3.8, 4) is 5.69 Å². The highest BCUT2D eigenvalue weighted by Gasteiger charge is 2.23. The molecule has 0 saturated heterocycles. The van der Waals surface area contributed by atoms with E-state index < -0.39 is 0 Å². The molecule has 1 aliphatic carbocycles. The molecule has 0 unspecified atom stereocenters. The van der Waals surface area contributed by atoms with Crippen LogP contribution in [-0.4, -0.2) is 20.4 Å². The molecule has 1 aliphatic rings. The van der Waals surface area contributed by atoms with Crippen molar-refractivity contribution in [2.45, 2.75) is 58.8 Å². The van der Waals surface area contributed by atoms with Gasteiger partial charge >= 0.3 is 0 Å². The van der Waals surface area contributed by atoms with Gasteiger partial charge < -0.3 is 4.57 Å². The summed E-state index contributed by atoms with van der Waals surface area (Å²) in [6, 6.07) is 13.7. The van der Waals surface area contributed by atoms with E-state index in [4.69, 9.17) is 21.7 Å². The van der Waals surface area contributed by atoms with Crippen LogP contribution >= 0.6 is 27.5 Å². The predicted molar refractivity (Wildman–Crippen MR) is 148 cm³/mol. The van der Waals surface area contributed by atoms with Gasteiger partial charge in [0, 0.05) is 38.1 Å². The normalized spacial score (nSPS) is 14.9. The van der Waals surface area contributed by atoms with Gasteiger partial charge in [-0.1, -0.05) is 52.9 Å². The first kappa shape index (κ1) is 24.0. The molecule has 0 amide bonds. The van der Waals surface area contributed by atoms with Gasteiger partial charge in [0.05, 0.1) is 17.1 Å². The lowest BCUT2D eigenvalue weighted by atomic mass is 9.88. The van der Waals surface area contributed by atoms with Crippen molar-refractivity contribution in [3.05, 3.63) is 90.7 Å². The molecule has 2 aromatic carbocycles. The second-order valence-corrected chi connectivity index (χ2v) is 10.7. The lowest BCUT2D eigenvalue weighted by molar-refractivity contribution is 0.416. The minimum atomic E-state index is -0.132. The highest BCUT2D eigenvalue weighted by molar-refractivity contribution is 9.10. The summed E-state index contributed by atoms with van der Waals surface area (Å²) in [4.78, 5) is 18.5. The van der Waals surface area contributed by atoms with Crippen LogP contribution in [0.25, 0.3) is 16.6 Å². The first-order chi connectivity index (χ1) is 16.8. The molecule has 4 aromatic rings. The summed E-state index contributed by atoms with van der Waals surface area (Å²) in [5, 5.41) is 6.05. The van der Waals surface area contributed by atoms with Gasteiger partial charge in [0.2, 0.25) is 0 Å². The highest BCUT2D eigenvalue weighted by Crippen LogP contribution is 2.32. The zero-order chi connectivity index (χ0) is 24.7. The largest absolute Gasteiger partial charge is 0.318 e. The molecule has 180 valence electrons. The van der Waals surface area contributed by atoms with Crippen LogP contribution in [0.1, 0.15) is 66.4 Å². The van der Waals surface area contributed by atoms with Gasteiger partial charge in [0.1, 0.15) is 5.82 Å². The Labute approximate surface area is 218 Å². The number of hydrogen-bond donors (Lipinski definition) is 0. The van der Waals surface area contributed by atoms with E-state index in [9.17, 15) is 4.79 Å². The van der Waals surface area contributed by atoms with E-state index in [1.807, 2.05) is 37.3 Å². The molecule has 7 heteroatoms. The minimum absolute atomic E-state index is 0.132. The van der Waals surface area contributed by atoms with Crippen molar-refractivity contribution in [2.24, 2.45) is 5.10 Å². The highest BCUT2D eigenvalue weighted by atomic mass is 79.9. The number of nitrogens with zero attached hydrogens (tertiary/aromatic N) is 4. The molecule has 0 bridgehead atoms. The zero-order valence-corrected chi connectivity index (χ0v) is 22.5. The molecule has 5 nitrogen and oxygen atoms in total. The van der Waals surface area contributed by atoms with E-state index in [-0.39, 0.29) is 11.5 Å². The van der Waals surface area contributed by atoms with Crippen LogP contribution in [0.15, 0.2) is 56.8 Å². The molecule has 0 aliphatic heterocycles. The SMILES string of the molecule is Cc1c(Cl)cccc1-n1c(C)cc(C=Nn2c(C3CCCCC3)nc3ccc(Br)cc3c2=O)c1C. The summed E-state index contributed by atoms with van der Waals surface area (Å²) in [5.41, 5.74) is 5.74. The molecule has 0 N–H and O–H groups in total. The van der Waals surface area contributed by atoms with Crippen molar-refractivity contribution in [2.75, 3.05) is 0 Å². The number of aryl methyl sites for hydroxylation is 1. The molecule has 35 heavy (non-hydrogen) atoms. The van der Waals surface area contributed by atoms with E-state index in [1.54, 1.807) is 6.21 Å². The Kier molecular flexibility index (Phi) is 6.69. The molecular weight excluding hydrogens is 524 g/mol. The van der Waals surface area contributed by atoms with Gasteiger partial charge in [-0.3, -0.25) is 4.79 Å². The number of rotatable bonds is 4. The van der Waals surface area contributed by atoms with Crippen molar-refractivity contribution < 1.29 is 0 Å². The minimum Gasteiger partial charge on any atom is -0.318 e. The first-order valence-corrected chi connectivity index (χ1v) is 13.2. The van der Waals surface area contributed by atoms with Crippen LogP contribution < -0.4 is 5.56 Å². The predicted octanol–water partition coefficient (Wildman–Crippen LogP) is 7.46. The van der Waals surface area contributed by atoms with Crippen LogP contribution in [0, 0.1) is 20.8 Å². The smallest absolute Gasteiger partial charge is 0.282 e. The molecule has 2 aromatic heterocycles. The first-order valence-electron chi connectivity index (χ1n) is 12.1. The summed E-state index contributed by atoms with van der Waals surface area (Å²) in [7, 11) is 0. The number of benzene rings is 2. The van der Waals surface area contributed by atoms with Crippen molar-refractivity contribution in [1.29, 1.82) is 0 Å². The number of halogens is 2. The van der Waals surface area contributed by atoms with E-state index in [0.717, 1.165) is 74.7 Å². The molecule has 1 fully saturated rings. The lowest BCUT2D eigenvalue weighted by Crippen LogP contribution is -2.25. The van der Waals surface area contributed by atoms with E-state index >= 15 is 0 Å². The Hall–Kier alpha value is -2.70. The Bertz CT molecular complexity index is 1510. The van der Waals surface area contributed by atoms with Crippen LogP contribution in [0.3, 0.4) is 0 Å². The van der Waals surface area contributed by atoms with Crippen molar-refractivity contribution in [1.82, 2.24) is 14.2 Å². The Balaban J connectivity index is 1.63. The molecule has 0 radical (unpaired) electrons. The third-order valence-electron chi connectivity index (χ3n) is 7.07. The molecule has 5 rings (SSSR count). The summed E-state index contributed by atoms with van der Waals surface area (Å²) < 4.78 is 4.57. The van der Waals surface area contributed by atoms with Crippen molar-refractivity contribution in [3.63, 3.8) is 0 Å². The van der Waals surface area contributed by atoms with Gasteiger partial charge in [-0.2, -0.15) is 9.78 Å². The summed E-state index contributed by atoms with van der Waals surface area (Å²) >= 11 is 9.88. The van der Waals surface area contributed by atoms with Gasteiger partial charge in [-0.15, -0.1) is 0 Å². The zero-order valence-electron chi connectivity index (χ0n) is 20.2. The average Bonchev–Trinajstić information content (AvgIpc) is 3.13. The number of fused-ring (bicyclic) bond motifs is 1. The Morgan fingerprint density at radius 2 is 1.86 bits per heavy atom. The van der Waals surface area contributed by atoms with Gasteiger partial charge in [0.25, 0.3) is 5.56 Å². The van der Waals surface area contributed by atoms with Crippen molar-refractivity contribution >= 4 is 44.6 Å². The maximum atomic E-state index is 13.6. The average molecular weight is 552 g/mol. The fraction of sp³-hybridized carbons (Fsp3) is 0.321. The summed E-state index contributed by atoms with van der Waals surface area (Å²) in [6.07, 6.45) is 7.40. The van der Waals surface area contributed by atoms with Gasteiger partial charge in [-0.25, -0.2) is 4.98 Å². The maximum absolute atomic E-state index is 13.6. The van der Waals surface area contributed by atoms with Gasteiger partial charge in [-0.05, 0) is 75.6 Å². The van der Waals surface area contributed by atoms with Crippen LogP contribution in [0.5, 0.6) is 0 Å². The monoisotopic (exact) mass is 550 g/mol. The van der Waals surface area contributed by atoms with Crippen LogP contribution in [0.2, 0.25) is 5.02 Å². The quantitative estimate of drug-likeness (QED) is 0.247. The van der Waals surface area contributed by atoms with Crippen LogP contribution in [0.4, 0.5) is 0 Å². The van der Waals surface area contributed by atoms with E-state index in [0.29, 0.717) is 5.39 Å². The number of aromatic nitrogens is 3. The third kappa shape index (κ3) is 4.50. The second kappa shape index (κ2) is 9.75. The molecule has 0 spiro atoms. The Morgan fingerprint density at radius 3 is 2.63 bits per heavy atom. The second-order valence-electron chi connectivity index (χ2n) is 9.37. The number of hydrogen-bond acceptors (Lipinski definition) is 3. The molecule has 0 atom stereocenters.